The number of piperazine rings is 1. The number of H-pyrrole nitrogens is 1. The van der Waals surface area contributed by atoms with Crippen molar-refractivity contribution in [3.05, 3.63) is 59.8 Å². The van der Waals surface area contributed by atoms with Gasteiger partial charge in [-0.05, 0) is 32.0 Å². The summed E-state index contributed by atoms with van der Waals surface area (Å²) in [5.41, 5.74) is 4.04. The van der Waals surface area contributed by atoms with E-state index < -0.39 is 0 Å². The molecule has 1 aromatic heterocycles. The van der Waals surface area contributed by atoms with E-state index in [0.717, 1.165) is 54.1 Å². The maximum Gasteiger partial charge on any atom is 0.222 e. The third kappa shape index (κ3) is 3.38. The van der Waals surface area contributed by atoms with Gasteiger partial charge in [0.25, 0.3) is 0 Å². The monoisotopic (exact) mass is 378 g/mol. The Hall–Kier alpha value is -2.79. The van der Waals surface area contributed by atoms with Crippen molar-refractivity contribution in [2.45, 2.75) is 19.9 Å². The number of aromatic nitrogens is 1. The Kier molecular flexibility index (Phi) is 5.09. The molecule has 146 valence electrons. The van der Waals surface area contributed by atoms with Gasteiger partial charge in [-0.25, -0.2) is 0 Å². The summed E-state index contributed by atoms with van der Waals surface area (Å²) in [5.74, 6) is 1.12. The average Bonchev–Trinajstić information content (AvgIpc) is 3.08. The molecule has 2 N–H and O–H groups in total. The van der Waals surface area contributed by atoms with Crippen LogP contribution in [0.15, 0.2) is 48.5 Å². The first kappa shape index (κ1) is 18.6. The van der Waals surface area contributed by atoms with E-state index in [1.165, 1.54) is 10.6 Å². The van der Waals surface area contributed by atoms with Crippen molar-refractivity contribution in [1.82, 2.24) is 4.98 Å². The molecule has 4 rings (SSSR count). The van der Waals surface area contributed by atoms with Crippen molar-refractivity contribution in [3.8, 4) is 5.75 Å². The zero-order valence-electron chi connectivity index (χ0n) is 16.8. The molecule has 1 saturated heterocycles. The van der Waals surface area contributed by atoms with Gasteiger partial charge >= 0.3 is 0 Å². The number of fused-ring (bicyclic) bond motifs is 1. The average molecular weight is 378 g/mol. The molecular formula is C23H28N3O2+. The van der Waals surface area contributed by atoms with Crippen molar-refractivity contribution in [2.24, 2.45) is 0 Å². The Balaban J connectivity index is 1.47. The van der Waals surface area contributed by atoms with Crippen molar-refractivity contribution >= 4 is 22.4 Å². The van der Waals surface area contributed by atoms with Crippen molar-refractivity contribution in [2.75, 3.05) is 38.2 Å². The van der Waals surface area contributed by atoms with Crippen LogP contribution in [0, 0.1) is 6.92 Å². The minimum atomic E-state index is -0.0506. The van der Waals surface area contributed by atoms with E-state index in [9.17, 15) is 4.79 Å². The number of para-hydroxylation sites is 1. The fraction of sp³-hybridized carbons (Fsp3) is 0.348. The number of ketones is 1. The summed E-state index contributed by atoms with van der Waals surface area (Å²) in [5, 5.41) is 1.03. The molecule has 0 unspecified atom stereocenters. The second-order valence-electron chi connectivity index (χ2n) is 7.60. The largest absolute Gasteiger partial charge is 0.497 e. The molecule has 0 radical (unpaired) electrons. The number of Topliss-reactive ketones (excluding diaryl/α,β-unsaturated/α-hetero) is 1. The highest BCUT2D eigenvalue weighted by atomic mass is 16.5. The number of methoxy groups -OCH3 is 1. The number of carbonyl (C=O) groups is 1. The number of aryl methyl sites for hydroxylation is 1. The van der Waals surface area contributed by atoms with Crippen LogP contribution in [0.25, 0.3) is 10.9 Å². The fourth-order valence-electron chi connectivity index (χ4n) is 4.29. The quantitative estimate of drug-likeness (QED) is 0.671. The van der Waals surface area contributed by atoms with Crippen LogP contribution in [0.3, 0.4) is 0 Å². The predicted octanol–water partition coefficient (Wildman–Crippen LogP) is 2.46. The van der Waals surface area contributed by atoms with Gasteiger partial charge in [-0.2, -0.15) is 0 Å². The van der Waals surface area contributed by atoms with Gasteiger partial charge in [0.2, 0.25) is 5.78 Å². The summed E-state index contributed by atoms with van der Waals surface area (Å²) in [7, 11) is 1.70. The molecule has 2 heterocycles. The number of hydrogen-bond acceptors (Lipinski definition) is 3. The number of anilines is 1. The Morgan fingerprint density at radius 2 is 1.89 bits per heavy atom. The maximum atomic E-state index is 13.3. The van der Waals surface area contributed by atoms with Gasteiger partial charge in [-0.3, -0.25) is 4.79 Å². The molecule has 1 fully saturated rings. The highest BCUT2D eigenvalue weighted by Gasteiger charge is 2.32. The van der Waals surface area contributed by atoms with E-state index in [0.29, 0.717) is 0 Å². The van der Waals surface area contributed by atoms with E-state index >= 15 is 0 Å². The third-order valence-electron chi connectivity index (χ3n) is 5.97. The first-order valence-electron chi connectivity index (χ1n) is 9.93. The Morgan fingerprint density at radius 1 is 1.14 bits per heavy atom. The van der Waals surface area contributed by atoms with Gasteiger partial charge in [-0.15, -0.1) is 0 Å². The highest BCUT2D eigenvalue weighted by molar-refractivity contribution is 6.10. The number of nitrogens with zero attached hydrogens (tertiary/aromatic N) is 1. The summed E-state index contributed by atoms with van der Waals surface area (Å²) in [6, 6.07) is 16.2. The molecule has 1 aliphatic rings. The number of hydrogen-bond donors (Lipinski definition) is 2. The summed E-state index contributed by atoms with van der Waals surface area (Å²) in [6.45, 7) is 7.84. The molecule has 0 amide bonds. The van der Waals surface area contributed by atoms with E-state index in [1.54, 1.807) is 7.11 Å². The van der Waals surface area contributed by atoms with Crippen LogP contribution in [0.4, 0.5) is 5.69 Å². The second kappa shape index (κ2) is 7.68. The van der Waals surface area contributed by atoms with Crippen molar-refractivity contribution in [3.63, 3.8) is 0 Å². The number of carbonyl (C=O) groups excluding carboxylic acids is 1. The number of aromatic amines is 1. The molecule has 0 aliphatic carbocycles. The number of rotatable bonds is 5. The van der Waals surface area contributed by atoms with Crippen LogP contribution in [0.2, 0.25) is 0 Å². The predicted molar refractivity (Wildman–Crippen MR) is 113 cm³/mol. The Labute approximate surface area is 165 Å². The molecule has 0 spiro atoms. The zero-order chi connectivity index (χ0) is 19.7. The lowest BCUT2D eigenvalue weighted by Crippen LogP contribution is -3.18. The number of quaternary nitrogens is 1. The Morgan fingerprint density at radius 3 is 2.64 bits per heavy atom. The van der Waals surface area contributed by atoms with E-state index in [4.69, 9.17) is 4.74 Å². The lowest BCUT2D eigenvalue weighted by atomic mass is 10.0. The molecule has 5 heteroatoms. The third-order valence-corrected chi connectivity index (χ3v) is 5.97. The Bertz CT molecular complexity index is 986. The lowest BCUT2D eigenvalue weighted by molar-refractivity contribution is -0.914. The SMILES string of the molecule is COc1cccc(N2CC[NH+]([C@H](C)C(=O)c3c(C)[nH]c4ccccc34)CC2)c1. The van der Waals surface area contributed by atoms with Gasteiger partial charge in [0.15, 0.2) is 0 Å². The molecule has 3 aromatic rings. The molecule has 1 atom stereocenters. The standard InChI is InChI=1S/C23H27N3O2/c1-16-22(20-9-4-5-10-21(20)24-16)23(27)17(2)25-11-13-26(14-12-25)18-7-6-8-19(15-18)28-3/h4-10,15,17,24H,11-14H2,1-3H3/p+1/t17-/m1/s1. The summed E-state index contributed by atoms with van der Waals surface area (Å²) in [6.07, 6.45) is 0. The van der Waals surface area contributed by atoms with Gasteiger partial charge in [-0.1, -0.05) is 24.3 Å². The van der Waals surface area contributed by atoms with Crippen LogP contribution >= 0.6 is 0 Å². The fourth-order valence-corrected chi connectivity index (χ4v) is 4.29. The zero-order valence-corrected chi connectivity index (χ0v) is 16.8. The molecule has 1 aliphatic heterocycles. The molecule has 28 heavy (non-hydrogen) atoms. The number of ether oxygens (including phenoxy) is 1. The van der Waals surface area contributed by atoms with Crippen LogP contribution in [-0.2, 0) is 0 Å². The van der Waals surface area contributed by atoms with E-state index in [1.807, 2.05) is 43.3 Å². The summed E-state index contributed by atoms with van der Waals surface area (Å²) < 4.78 is 5.34. The summed E-state index contributed by atoms with van der Waals surface area (Å²) >= 11 is 0. The van der Waals surface area contributed by atoms with Crippen LogP contribution in [0.5, 0.6) is 5.75 Å². The van der Waals surface area contributed by atoms with Gasteiger partial charge in [0.1, 0.15) is 11.8 Å². The minimum Gasteiger partial charge on any atom is -0.497 e. The minimum absolute atomic E-state index is 0.0506. The van der Waals surface area contributed by atoms with Crippen molar-refractivity contribution < 1.29 is 14.4 Å². The molecular weight excluding hydrogens is 350 g/mol. The molecule has 5 nitrogen and oxygen atoms in total. The normalized spacial score (nSPS) is 16.3. The first-order chi connectivity index (χ1) is 13.6. The molecule has 0 saturated carbocycles. The van der Waals surface area contributed by atoms with Crippen LogP contribution in [-0.4, -0.2) is 50.1 Å². The molecule has 2 aromatic carbocycles. The van der Waals surface area contributed by atoms with Crippen LogP contribution in [0.1, 0.15) is 23.0 Å². The smallest absolute Gasteiger partial charge is 0.222 e. The molecule has 0 bridgehead atoms. The topological polar surface area (TPSA) is 49.8 Å². The van der Waals surface area contributed by atoms with Crippen LogP contribution < -0.4 is 14.5 Å². The summed E-state index contributed by atoms with van der Waals surface area (Å²) in [4.78, 5) is 20.4. The van der Waals surface area contributed by atoms with E-state index in [-0.39, 0.29) is 11.8 Å². The van der Waals surface area contributed by atoms with Gasteiger partial charge < -0.3 is 19.5 Å². The first-order valence-corrected chi connectivity index (χ1v) is 9.93. The van der Waals surface area contributed by atoms with E-state index in [2.05, 4.69) is 28.9 Å². The van der Waals surface area contributed by atoms with Gasteiger partial charge in [0.05, 0.1) is 38.9 Å². The lowest BCUT2D eigenvalue weighted by Gasteiger charge is -2.36. The van der Waals surface area contributed by atoms with Crippen molar-refractivity contribution in [1.29, 1.82) is 0 Å². The van der Waals surface area contributed by atoms with Gasteiger partial charge in [0, 0.05) is 28.4 Å². The number of nitrogens with one attached hydrogen (secondary N) is 2. The maximum absolute atomic E-state index is 13.3. The second-order valence-corrected chi connectivity index (χ2v) is 7.60. The number of benzene rings is 2. The highest BCUT2D eigenvalue weighted by Crippen LogP contribution is 2.23.